The van der Waals surface area contributed by atoms with Crippen molar-refractivity contribution in [3.05, 3.63) is 29.8 Å². The standard InChI is InChI=1S/C19H29NO4S/c1-14-12-24-13-15(2)20(14)18(21)10-11-25(22,23)17-8-6-16(7-9-17)19(3,4)5/h6-9,14-15H,10-13H2,1-5H3. The summed E-state index contributed by atoms with van der Waals surface area (Å²) in [5.41, 5.74) is 1.06. The van der Waals surface area contributed by atoms with E-state index in [9.17, 15) is 13.2 Å². The van der Waals surface area contributed by atoms with Crippen molar-refractivity contribution in [3.8, 4) is 0 Å². The minimum Gasteiger partial charge on any atom is -0.377 e. The number of morpholine rings is 1. The minimum atomic E-state index is -3.47. The van der Waals surface area contributed by atoms with E-state index in [4.69, 9.17) is 4.74 Å². The highest BCUT2D eigenvalue weighted by Crippen LogP contribution is 2.24. The Kier molecular flexibility index (Phi) is 5.94. The molecule has 1 amide bonds. The van der Waals surface area contributed by atoms with Gasteiger partial charge < -0.3 is 9.64 Å². The molecule has 1 aliphatic rings. The summed E-state index contributed by atoms with van der Waals surface area (Å²) in [5, 5.41) is 0. The van der Waals surface area contributed by atoms with Crippen LogP contribution in [0.4, 0.5) is 0 Å². The van der Waals surface area contributed by atoms with E-state index in [-0.39, 0.29) is 40.5 Å². The van der Waals surface area contributed by atoms with E-state index in [1.54, 1.807) is 17.0 Å². The maximum Gasteiger partial charge on any atom is 0.224 e. The Morgan fingerprint density at radius 2 is 1.64 bits per heavy atom. The SMILES string of the molecule is CC1COCC(C)N1C(=O)CCS(=O)(=O)c1ccc(C(C)(C)C)cc1. The van der Waals surface area contributed by atoms with Crippen LogP contribution in [0.25, 0.3) is 0 Å². The number of ether oxygens (including phenoxy) is 1. The van der Waals surface area contributed by atoms with Gasteiger partial charge >= 0.3 is 0 Å². The first-order chi connectivity index (χ1) is 11.5. The molecule has 1 saturated heterocycles. The van der Waals surface area contributed by atoms with Crippen LogP contribution in [-0.4, -0.2) is 50.3 Å². The Morgan fingerprint density at radius 3 is 2.12 bits per heavy atom. The van der Waals surface area contributed by atoms with Gasteiger partial charge in [-0.1, -0.05) is 32.9 Å². The fourth-order valence-corrected chi connectivity index (χ4v) is 4.36. The lowest BCUT2D eigenvalue weighted by molar-refractivity contribution is -0.143. The van der Waals surface area contributed by atoms with Gasteiger partial charge in [0, 0.05) is 6.42 Å². The molecule has 0 aromatic heterocycles. The van der Waals surface area contributed by atoms with Gasteiger partial charge in [0.05, 0.1) is 35.9 Å². The third kappa shape index (κ3) is 4.82. The highest BCUT2D eigenvalue weighted by molar-refractivity contribution is 7.91. The number of amides is 1. The fourth-order valence-electron chi connectivity index (χ4n) is 3.13. The zero-order valence-corrected chi connectivity index (χ0v) is 16.6. The topological polar surface area (TPSA) is 63.7 Å². The maximum atomic E-state index is 12.5. The highest BCUT2D eigenvalue weighted by atomic mass is 32.2. The lowest BCUT2D eigenvalue weighted by Crippen LogP contribution is -2.52. The van der Waals surface area contributed by atoms with Crippen molar-refractivity contribution < 1.29 is 17.9 Å². The quantitative estimate of drug-likeness (QED) is 0.821. The van der Waals surface area contributed by atoms with Crippen LogP contribution < -0.4 is 0 Å². The van der Waals surface area contributed by atoms with Crippen molar-refractivity contribution in [1.29, 1.82) is 0 Å². The smallest absolute Gasteiger partial charge is 0.224 e. The Hall–Kier alpha value is -1.40. The van der Waals surface area contributed by atoms with Crippen LogP contribution in [0, 0.1) is 0 Å². The first-order valence-electron chi connectivity index (χ1n) is 8.74. The third-order valence-corrected chi connectivity index (χ3v) is 6.35. The van der Waals surface area contributed by atoms with E-state index < -0.39 is 9.84 Å². The van der Waals surface area contributed by atoms with Crippen LogP contribution in [0.3, 0.4) is 0 Å². The molecular formula is C19H29NO4S. The van der Waals surface area contributed by atoms with Crippen LogP contribution in [-0.2, 0) is 24.8 Å². The number of carbonyl (C=O) groups is 1. The zero-order chi connectivity index (χ0) is 18.8. The molecule has 1 fully saturated rings. The molecule has 0 bridgehead atoms. The first-order valence-corrected chi connectivity index (χ1v) is 10.4. The van der Waals surface area contributed by atoms with Crippen molar-refractivity contribution in [3.63, 3.8) is 0 Å². The van der Waals surface area contributed by atoms with Crippen LogP contribution in [0.1, 0.15) is 46.6 Å². The number of nitrogens with zero attached hydrogens (tertiary/aromatic N) is 1. The molecular weight excluding hydrogens is 338 g/mol. The molecule has 1 heterocycles. The molecule has 2 rings (SSSR count). The minimum absolute atomic E-state index is 0.00195. The monoisotopic (exact) mass is 367 g/mol. The summed E-state index contributed by atoms with van der Waals surface area (Å²) >= 11 is 0. The van der Waals surface area contributed by atoms with E-state index in [2.05, 4.69) is 20.8 Å². The number of sulfone groups is 1. The normalized spacial score (nSPS) is 22.0. The van der Waals surface area contributed by atoms with Crippen LogP contribution in [0.2, 0.25) is 0 Å². The Morgan fingerprint density at radius 1 is 1.12 bits per heavy atom. The van der Waals surface area contributed by atoms with Crippen molar-refractivity contribution in [2.45, 2.75) is 63.4 Å². The summed E-state index contributed by atoms with van der Waals surface area (Å²) in [4.78, 5) is 14.5. The van der Waals surface area contributed by atoms with E-state index in [0.29, 0.717) is 13.2 Å². The largest absolute Gasteiger partial charge is 0.377 e. The summed E-state index contributed by atoms with van der Waals surface area (Å²) in [6, 6.07) is 6.93. The van der Waals surface area contributed by atoms with Gasteiger partial charge in [-0.15, -0.1) is 0 Å². The Bertz CT molecular complexity index is 694. The molecule has 140 valence electrons. The van der Waals surface area contributed by atoms with Crippen molar-refractivity contribution in [2.24, 2.45) is 0 Å². The third-order valence-electron chi connectivity index (χ3n) is 4.62. The molecule has 0 saturated carbocycles. The molecule has 5 nitrogen and oxygen atoms in total. The van der Waals surface area contributed by atoms with Gasteiger partial charge in [-0.3, -0.25) is 4.79 Å². The number of carbonyl (C=O) groups excluding carboxylic acids is 1. The molecule has 1 aliphatic heterocycles. The summed E-state index contributed by atoms with van der Waals surface area (Å²) in [6.45, 7) is 11.1. The molecule has 1 aromatic carbocycles. The number of rotatable bonds is 4. The number of hydrogen-bond donors (Lipinski definition) is 0. The molecule has 25 heavy (non-hydrogen) atoms. The van der Waals surface area contributed by atoms with Gasteiger partial charge in [0.15, 0.2) is 9.84 Å². The van der Waals surface area contributed by atoms with E-state index in [1.165, 1.54) is 0 Å². The zero-order valence-electron chi connectivity index (χ0n) is 15.8. The Labute approximate surface area is 151 Å². The second kappa shape index (κ2) is 7.46. The Balaban J connectivity index is 2.05. The second-order valence-corrected chi connectivity index (χ2v) is 9.99. The van der Waals surface area contributed by atoms with Crippen LogP contribution in [0.5, 0.6) is 0 Å². The van der Waals surface area contributed by atoms with Gasteiger partial charge in [-0.05, 0) is 37.0 Å². The molecule has 0 radical (unpaired) electrons. The van der Waals surface area contributed by atoms with Gasteiger partial charge in [0.2, 0.25) is 5.91 Å². The maximum absolute atomic E-state index is 12.5. The number of benzene rings is 1. The predicted molar refractivity (Wildman–Crippen MR) is 98.4 cm³/mol. The molecule has 2 unspecified atom stereocenters. The van der Waals surface area contributed by atoms with Crippen LogP contribution >= 0.6 is 0 Å². The number of hydrogen-bond acceptors (Lipinski definition) is 4. The van der Waals surface area contributed by atoms with Gasteiger partial charge in [-0.2, -0.15) is 0 Å². The van der Waals surface area contributed by atoms with E-state index in [1.807, 2.05) is 26.0 Å². The molecule has 6 heteroatoms. The molecule has 0 aliphatic carbocycles. The lowest BCUT2D eigenvalue weighted by atomic mass is 9.87. The van der Waals surface area contributed by atoms with Gasteiger partial charge in [0.1, 0.15) is 0 Å². The highest BCUT2D eigenvalue weighted by Gasteiger charge is 2.30. The fraction of sp³-hybridized carbons (Fsp3) is 0.632. The summed E-state index contributed by atoms with van der Waals surface area (Å²) < 4.78 is 30.5. The van der Waals surface area contributed by atoms with Crippen molar-refractivity contribution in [1.82, 2.24) is 4.90 Å². The lowest BCUT2D eigenvalue weighted by Gasteiger charge is -2.38. The molecule has 0 spiro atoms. The predicted octanol–water partition coefficient (Wildman–Crippen LogP) is 2.78. The average molecular weight is 368 g/mol. The van der Waals surface area contributed by atoms with Crippen molar-refractivity contribution >= 4 is 15.7 Å². The molecule has 2 atom stereocenters. The molecule has 1 aromatic rings. The average Bonchev–Trinajstić information content (AvgIpc) is 2.52. The van der Waals surface area contributed by atoms with Gasteiger partial charge in [-0.25, -0.2) is 8.42 Å². The van der Waals surface area contributed by atoms with Crippen LogP contribution in [0.15, 0.2) is 29.2 Å². The second-order valence-electron chi connectivity index (χ2n) is 7.88. The summed E-state index contributed by atoms with van der Waals surface area (Å²) in [6.07, 6.45) is -0.00195. The first kappa shape index (κ1) is 19.9. The summed E-state index contributed by atoms with van der Waals surface area (Å²) in [7, 11) is -3.47. The summed E-state index contributed by atoms with van der Waals surface area (Å²) in [5.74, 6) is -0.296. The molecule has 0 N–H and O–H groups in total. The van der Waals surface area contributed by atoms with E-state index in [0.717, 1.165) is 5.56 Å². The van der Waals surface area contributed by atoms with Crippen molar-refractivity contribution in [2.75, 3.05) is 19.0 Å². The van der Waals surface area contributed by atoms with E-state index >= 15 is 0 Å². The van der Waals surface area contributed by atoms with Gasteiger partial charge in [0.25, 0.3) is 0 Å².